The number of unbranched alkanes of at least 4 members (excludes halogenated alkanes) is 9. The van der Waals surface area contributed by atoms with E-state index in [1.807, 2.05) is 8.68 Å². The molecule has 0 aliphatic rings. The van der Waals surface area contributed by atoms with Crippen molar-refractivity contribution in [3.8, 4) is 0 Å². The van der Waals surface area contributed by atoms with Gasteiger partial charge in [-0.3, -0.25) is 0 Å². The molecule has 0 aliphatic heterocycles. The number of hydrogen-bond donors (Lipinski definition) is 0. The zero-order valence-electron chi connectivity index (χ0n) is 37.0. The van der Waals surface area contributed by atoms with E-state index >= 15 is 0 Å². The summed E-state index contributed by atoms with van der Waals surface area (Å²) in [5.74, 6) is 0. The van der Waals surface area contributed by atoms with Crippen molar-refractivity contribution in [2.75, 3.05) is 0 Å². The topological polar surface area (TPSA) is 0 Å². The van der Waals surface area contributed by atoms with Crippen LogP contribution < -0.4 is 8.68 Å². The van der Waals surface area contributed by atoms with Gasteiger partial charge in [0.25, 0.3) is 0 Å². The van der Waals surface area contributed by atoms with Gasteiger partial charge in [0.05, 0.1) is 0 Å². The summed E-state index contributed by atoms with van der Waals surface area (Å²) in [5.41, 5.74) is 0. The van der Waals surface area contributed by atoms with E-state index < -0.39 is 55.1 Å². The molecule has 0 atom stereocenters. The van der Waals surface area contributed by atoms with Crippen molar-refractivity contribution in [1.82, 2.24) is 0 Å². The molecule has 0 aliphatic carbocycles. The molecule has 306 valence electrons. The van der Waals surface area contributed by atoms with Crippen LogP contribution in [0.1, 0.15) is 178 Å². The number of benzene rings is 1. The van der Waals surface area contributed by atoms with Crippen LogP contribution in [0.5, 0.6) is 0 Å². The third-order valence-corrected chi connectivity index (χ3v) is 71.7. The van der Waals surface area contributed by atoms with Crippen molar-refractivity contribution in [2.45, 2.75) is 218 Å². The summed E-state index contributed by atoms with van der Waals surface area (Å²) in [7, 11) is 0. The van der Waals surface area contributed by atoms with Crippen LogP contribution in [0.4, 0.5) is 0 Å². The van der Waals surface area contributed by atoms with Crippen LogP contribution in [-0.2, 0) is 0 Å². The molecule has 0 fully saturated rings. The number of hydrogen-bond acceptors (Lipinski definition) is 3. The van der Waals surface area contributed by atoms with Crippen LogP contribution in [-0.4, -0.2) is 55.1 Å². The monoisotopic (exact) mass is 1120 g/mol. The molecule has 0 saturated carbocycles. The van der Waals surface area contributed by atoms with E-state index in [0.717, 1.165) is 0 Å². The van der Waals surface area contributed by atoms with Crippen LogP contribution in [0.25, 0.3) is 30.3 Å². The fourth-order valence-corrected chi connectivity index (χ4v) is 71.0. The Morgan fingerprint density at radius 2 is 0.463 bits per heavy atom. The molecular formula is C48H84S3Sn3. The first-order valence-electron chi connectivity index (χ1n) is 23.8. The van der Waals surface area contributed by atoms with Gasteiger partial charge < -0.3 is 0 Å². The van der Waals surface area contributed by atoms with Gasteiger partial charge >= 0.3 is 364 Å². The summed E-state index contributed by atoms with van der Waals surface area (Å²) in [6, 6.07) is 8.79. The third-order valence-electron chi connectivity index (χ3n) is 13.6. The van der Waals surface area contributed by atoms with Crippen molar-refractivity contribution in [2.24, 2.45) is 0 Å². The maximum absolute atomic E-state index is 2.93. The Hall–Kier alpha value is 1.50. The van der Waals surface area contributed by atoms with E-state index in [9.17, 15) is 0 Å². The Morgan fingerprint density at radius 1 is 0.296 bits per heavy atom. The molecule has 54 heavy (non-hydrogen) atoms. The molecule has 0 radical (unpaired) electrons. The number of fused-ring (bicyclic) bond motifs is 6. The molecule has 4 rings (SSSR count). The van der Waals surface area contributed by atoms with Crippen LogP contribution >= 0.6 is 34.0 Å². The van der Waals surface area contributed by atoms with Gasteiger partial charge in [-0.05, 0) is 0 Å². The summed E-state index contributed by atoms with van der Waals surface area (Å²) in [4.78, 5) is 0. The van der Waals surface area contributed by atoms with Gasteiger partial charge in [-0.1, -0.05) is 0 Å². The van der Waals surface area contributed by atoms with Crippen molar-refractivity contribution < 1.29 is 0 Å². The zero-order chi connectivity index (χ0) is 39.0. The molecule has 0 bridgehead atoms. The molecule has 6 heteroatoms. The van der Waals surface area contributed by atoms with E-state index in [1.54, 1.807) is 70.2 Å². The molecule has 0 spiro atoms. The Morgan fingerprint density at radius 3 is 0.611 bits per heavy atom. The van der Waals surface area contributed by atoms with Gasteiger partial charge in [0.1, 0.15) is 0 Å². The average Bonchev–Trinajstić information content (AvgIpc) is 3.96. The van der Waals surface area contributed by atoms with Gasteiger partial charge in [0, 0.05) is 0 Å². The van der Waals surface area contributed by atoms with Gasteiger partial charge in [0.15, 0.2) is 0 Å². The summed E-state index contributed by atoms with van der Waals surface area (Å²) in [6.07, 6.45) is 25.4. The Labute approximate surface area is 359 Å². The predicted molar refractivity (Wildman–Crippen MR) is 266 cm³/mol. The van der Waals surface area contributed by atoms with Crippen molar-refractivity contribution in [1.29, 1.82) is 0 Å². The predicted octanol–water partition coefficient (Wildman–Crippen LogP) is 17.5. The van der Waals surface area contributed by atoms with Gasteiger partial charge in [-0.25, -0.2) is 0 Å². The summed E-state index contributed by atoms with van der Waals surface area (Å²) < 4.78 is 25.4. The number of thiophene rings is 3. The molecule has 4 aromatic rings. The van der Waals surface area contributed by atoms with E-state index in [0.29, 0.717) is 0 Å². The van der Waals surface area contributed by atoms with Crippen molar-refractivity contribution in [3.05, 3.63) is 18.2 Å². The molecule has 3 heterocycles. The molecule has 0 amide bonds. The van der Waals surface area contributed by atoms with E-state index in [2.05, 4.69) is 115 Å². The van der Waals surface area contributed by atoms with Crippen LogP contribution in [0.2, 0.25) is 39.9 Å². The molecular weight excluding hydrogens is 1030 g/mol. The first-order valence-corrected chi connectivity index (χ1v) is 48.6. The van der Waals surface area contributed by atoms with Gasteiger partial charge in [-0.2, -0.15) is 0 Å². The fourth-order valence-electron chi connectivity index (χ4n) is 9.93. The average molecular weight is 1110 g/mol. The quantitative estimate of drug-likeness (QED) is 0.0457. The second kappa shape index (κ2) is 24.7. The molecule has 0 unspecified atom stereocenters. The second-order valence-corrected chi connectivity index (χ2v) is 63.5. The van der Waals surface area contributed by atoms with Crippen LogP contribution in [0.3, 0.4) is 0 Å². The standard InChI is InChI=1S/C12H3S3.9C4H9.3Sn/c1-4-13-10-7(1)11-9(2-5-14-11)12-8(10)3-6-15-12;9*1-3-4-2;;;/h1-3H;9*1,3-4H2,2H3;;;. The third kappa shape index (κ3) is 11.6. The maximum atomic E-state index is 2.93. The SMILES string of the molecule is CCC[CH2][Sn]([CH2]CCC)([CH2]CCC)[c]1cc2c(s1)c1c[c]([Sn]([CH2]CCC)([CH2]CCC)[CH2]CCC)sc1c1c[c]([Sn]([CH2]CCC)([CH2]CCC)[CH2]CCC)sc21. The fraction of sp³-hybridized carbons (Fsp3) is 0.750. The number of rotatable bonds is 30. The van der Waals surface area contributed by atoms with Gasteiger partial charge in [-0.15, -0.1) is 0 Å². The zero-order valence-corrected chi connectivity index (χ0v) is 48.1. The van der Waals surface area contributed by atoms with Crippen LogP contribution in [0.15, 0.2) is 18.2 Å². The Balaban J connectivity index is 2.13. The Bertz CT molecular complexity index is 1290. The molecule has 0 N–H and O–H groups in total. The van der Waals surface area contributed by atoms with E-state index in [-0.39, 0.29) is 0 Å². The first-order chi connectivity index (χ1) is 26.3. The van der Waals surface area contributed by atoms with Crippen molar-refractivity contribution >= 4 is 128 Å². The molecule has 0 nitrogen and oxygen atoms in total. The minimum atomic E-state index is -2.61. The van der Waals surface area contributed by atoms with Gasteiger partial charge in [0.2, 0.25) is 0 Å². The van der Waals surface area contributed by atoms with Crippen LogP contribution in [0, 0.1) is 0 Å². The summed E-state index contributed by atoms with van der Waals surface area (Å²) in [5, 5.41) is 5.17. The van der Waals surface area contributed by atoms with E-state index in [4.69, 9.17) is 0 Å². The first kappa shape index (κ1) is 48.2. The van der Waals surface area contributed by atoms with E-state index in [1.165, 1.54) is 116 Å². The second-order valence-electron chi connectivity index (χ2n) is 17.8. The molecule has 0 saturated heterocycles. The summed E-state index contributed by atoms with van der Waals surface area (Å²) >= 11 is -0.667. The van der Waals surface area contributed by atoms with Crippen molar-refractivity contribution in [3.63, 3.8) is 0 Å². The Kier molecular flexibility index (Phi) is 22.0. The normalized spacial score (nSPS) is 13.1. The molecule has 1 aromatic carbocycles. The minimum absolute atomic E-state index is 1.36. The summed E-state index contributed by atoms with van der Waals surface area (Å²) in [6.45, 7) is 22.1. The molecule has 3 aromatic heterocycles.